The minimum Gasteiger partial charge on any atom is -0.493 e. The van der Waals surface area contributed by atoms with Crippen LogP contribution in [0, 0.1) is 0 Å². The molecule has 2 rings (SSSR count). The van der Waals surface area contributed by atoms with E-state index in [4.69, 9.17) is 9.47 Å². The second-order valence-electron chi connectivity index (χ2n) is 4.09. The van der Waals surface area contributed by atoms with Crippen molar-refractivity contribution in [3.63, 3.8) is 0 Å². The van der Waals surface area contributed by atoms with Crippen LogP contribution in [0.5, 0.6) is 11.5 Å². The maximum absolute atomic E-state index is 12.1. The van der Waals surface area contributed by atoms with Gasteiger partial charge in [-0.25, -0.2) is 9.79 Å². The van der Waals surface area contributed by atoms with Gasteiger partial charge < -0.3 is 14.8 Å². The summed E-state index contributed by atoms with van der Waals surface area (Å²) in [6, 6.07) is 2.84. The average Bonchev–Trinajstić information content (AvgIpc) is 2.49. The zero-order chi connectivity index (χ0) is 15.4. The molecule has 8 nitrogen and oxygen atoms in total. The molecule has 1 aliphatic rings. The molecule has 1 atom stereocenters. The van der Waals surface area contributed by atoms with Crippen LogP contribution in [0.25, 0.3) is 0 Å². The summed E-state index contributed by atoms with van der Waals surface area (Å²) >= 11 is 0. The van der Waals surface area contributed by atoms with Gasteiger partial charge in [0, 0.05) is 11.8 Å². The van der Waals surface area contributed by atoms with Gasteiger partial charge in [-0.3, -0.25) is 14.9 Å². The first-order chi connectivity index (χ1) is 10.0. The molecule has 1 heterocycles. The van der Waals surface area contributed by atoms with E-state index in [1.165, 1.54) is 26.4 Å². The van der Waals surface area contributed by atoms with E-state index in [1.54, 1.807) is 6.07 Å². The van der Waals surface area contributed by atoms with Crippen molar-refractivity contribution in [1.82, 2.24) is 10.6 Å². The van der Waals surface area contributed by atoms with Crippen LogP contribution >= 0.6 is 0 Å². The molecule has 1 aliphatic heterocycles. The number of rotatable bonds is 4. The largest absolute Gasteiger partial charge is 0.493 e. The lowest BCUT2D eigenvalue weighted by molar-refractivity contribution is -0.120. The smallest absolute Gasteiger partial charge is 0.347 e. The van der Waals surface area contributed by atoms with E-state index in [-0.39, 0.29) is 5.56 Å². The molecule has 0 radical (unpaired) electrons. The van der Waals surface area contributed by atoms with Crippen LogP contribution in [0.4, 0.5) is 4.79 Å². The van der Waals surface area contributed by atoms with Crippen LogP contribution in [0.15, 0.2) is 23.2 Å². The summed E-state index contributed by atoms with van der Waals surface area (Å²) in [5, 5.41) is 4.44. The molecular weight excluding hydrogens is 278 g/mol. The molecule has 0 saturated carbocycles. The molecule has 0 aliphatic carbocycles. The number of carbonyl (C=O) groups is 3. The molecule has 4 amide bonds. The first-order valence-electron chi connectivity index (χ1n) is 5.97. The summed E-state index contributed by atoms with van der Waals surface area (Å²) in [7, 11) is 2.93. The summed E-state index contributed by atoms with van der Waals surface area (Å²) in [5.74, 6) is -0.264. The Bertz CT molecular complexity index is 626. The Morgan fingerprint density at radius 2 is 1.95 bits per heavy atom. The molecule has 110 valence electrons. The highest BCUT2D eigenvalue weighted by atomic mass is 16.5. The number of amides is 4. The topological polar surface area (TPSA) is 106 Å². The number of nitrogens with zero attached hydrogens (tertiary/aromatic N) is 1. The van der Waals surface area contributed by atoms with Gasteiger partial charge in [-0.2, -0.15) is 0 Å². The summed E-state index contributed by atoms with van der Waals surface area (Å²) in [5.41, 5.74) is 0.283. The minimum absolute atomic E-state index is 0.283. The summed E-state index contributed by atoms with van der Waals surface area (Å²) in [4.78, 5) is 37.9. The second-order valence-corrected chi connectivity index (χ2v) is 4.09. The third-order valence-electron chi connectivity index (χ3n) is 2.79. The Kier molecular flexibility index (Phi) is 4.17. The average molecular weight is 291 g/mol. The number of imide groups is 1. The highest BCUT2D eigenvalue weighted by Gasteiger charge is 2.25. The van der Waals surface area contributed by atoms with Gasteiger partial charge >= 0.3 is 6.03 Å². The van der Waals surface area contributed by atoms with Gasteiger partial charge in [0.15, 0.2) is 11.5 Å². The number of methoxy groups -OCH3 is 2. The number of benzene rings is 1. The number of hydrogen-bond acceptors (Lipinski definition) is 5. The lowest BCUT2D eigenvalue weighted by Crippen LogP contribution is -2.51. The third kappa shape index (κ3) is 3.16. The van der Waals surface area contributed by atoms with Crippen LogP contribution in [0.3, 0.4) is 0 Å². The monoisotopic (exact) mass is 291 g/mol. The molecule has 1 aromatic rings. The fraction of sp³-hybridized carbons (Fsp3) is 0.231. The van der Waals surface area contributed by atoms with Crippen LogP contribution < -0.4 is 20.1 Å². The quantitative estimate of drug-likeness (QED) is 0.819. The molecule has 1 unspecified atom stereocenters. The molecule has 8 heteroatoms. The number of urea groups is 1. The zero-order valence-corrected chi connectivity index (χ0v) is 11.4. The van der Waals surface area contributed by atoms with Crippen LogP contribution in [-0.4, -0.2) is 44.3 Å². The van der Waals surface area contributed by atoms with Gasteiger partial charge in [0.05, 0.1) is 14.2 Å². The van der Waals surface area contributed by atoms with Gasteiger partial charge in [-0.05, 0) is 18.2 Å². The number of nitrogens with one attached hydrogen (secondary N) is 2. The Labute approximate surface area is 120 Å². The van der Waals surface area contributed by atoms with Gasteiger partial charge in [-0.15, -0.1) is 0 Å². The minimum atomic E-state index is -0.997. The van der Waals surface area contributed by atoms with Crippen molar-refractivity contribution in [3.05, 3.63) is 23.8 Å². The van der Waals surface area contributed by atoms with Gasteiger partial charge in [0.1, 0.15) is 6.04 Å². The maximum atomic E-state index is 12.1. The fourth-order valence-electron chi connectivity index (χ4n) is 1.73. The molecular formula is C13H13N3O5. The standard InChI is InChI=1S/C13H13N3O5/c1-20-9-4-3-7(5-10(9)21-2)11(17)15-8-6-14-13(19)16-12(8)18/h3-6,8H,1-2H3,(H,15,17)(H,16,18,19). The van der Waals surface area contributed by atoms with E-state index in [2.05, 4.69) is 10.3 Å². The van der Waals surface area contributed by atoms with Crippen molar-refractivity contribution < 1.29 is 23.9 Å². The molecule has 0 bridgehead atoms. The molecule has 0 fully saturated rings. The predicted molar refractivity (Wildman–Crippen MR) is 72.8 cm³/mol. The third-order valence-corrected chi connectivity index (χ3v) is 2.79. The number of ether oxygens (including phenoxy) is 2. The van der Waals surface area contributed by atoms with E-state index < -0.39 is 23.9 Å². The molecule has 21 heavy (non-hydrogen) atoms. The van der Waals surface area contributed by atoms with Crippen LogP contribution in [0.1, 0.15) is 10.4 Å². The van der Waals surface area contributed by atoms with Gasteiger partial charge in [0.2, 0.25) is 0 Å². The Morgan fingerprint density at radius 3 is 2.57 bits per heavy atom. The van der Waals surface area contributed by atoms with Gasteiger partial charge in [-0.1, -0.05) is 0 Å². The van der Waals surface area contributed by atoms with Crippen molar-refractivity contribution in [2.75, 3.05) is 14.2 Å². The highest BCUT2D eigenvalue weighted by molar-refractivity contribution is 6.14. The van der Waals surface area contributed by atoms with E-state index in [1.807, 2.05) is 5.32 Å². The lowest BCUT2D eigenvalue weighted by Gasteiger charge is -2.16. The SMILES string of the molecule is COc1ccc(C(=O)NC2C=NC(=O)NC2=O)cc1OC. The predicted octanol–water partition coefficient (Wildman–Crippen LogP) is 0.123. The number of aliphatic imine (C=N–C) groups is 1. The Morgan fingerprint density at radius 1 is 1.24 bits per heavy atom. The number of hydrogen-bond donors (Lipinski definition) is 2. The lowest BCUT2D eigenvalue weighted by atomic mass is 10.1. The molecule has 0 spiro atoms. The molecule has 1 aromatic carbocycles. The zero-order valence-electron chi connectivity index (χ0n) is 11.4. The Hall–Kier alpha value is -2.90. The van der Waals surface area contributed by atoms with Crippen molar-refractivity contribution in [2.24, 2.45) is 4.99 Å². The summed E-state index contributed by atoms with van der Waals surface area (Å²) in [6.45, 7) is 0. The molecule has 2 N–H and O–H groups in total. The summed E-state index contributed by atoms with van der Waals surface area (Å²) in [6.07, 6.45) is 1.08. The van der Waals surface area contributed by atoms with E-state index in [0.717, 1.165) is 6.21 Å². The fourth-order valence-corrected chi connectivity index (χ4v) is 1.73. The highest BCUT2D eigenvalue weighted by Crippen LogP contribution is 2.27. The van der Waals surface area contributed by atoms with Crippen molar-refractivity contribution in [1.29, 1.82) is 0 Å². The first-order valence-corrected chi connectivity index (χ1v) is 5.97. The van der Waals surface area contributed by atoms with Crippen molar-refractivity contribution in [3.8, 4) is 11.5 Å². The second kappa shape index (κ2) is 6.04. The van der Waals surface area contributed by atoms with Crippen molar-refractivity contribution >= 4 is 24.1 Å². The Balaban J connectivity index is 2.15. The number of carbonyl (C=O) groups excluding carboxylic acids is 3. The van der Waals surface area contributed by atoms with E-state index >= 15 is 0 Å². The summed E-state index contributed by atoms with van der Waals surface area (Å²) < 4.78 is 10.2. The maximum Gasteiger partial charge on any atom is 0.347 e. The normalized spacial score (nSPS) is 17.1. The first kappa shape index (κ1) is 14.5. The van der Waals surface area contributed by atoms with E-state index in [0.29, 0.717) is 11.5 Å². The molecule has 0 saturated heterocycles. The van der Waals surface area contributed by atoms with E-state index in [9.17, 15) is 14.4 Å². The van der Waals surface area contributed by atoms with Crippen LogP contribution in [0.2, 0.25) is 0 Å². The molecule has 0 aromatic heterocycles. The van der Waals surface area contributed by atoms with Gasteiger partial charge in [0.25, 0.3) is 11.8 Å². The van der Waals surface area contributed by atoms with Crippen molar-refractivity contribution in [2.45, 2.75) is 6.04 Å². The van der Waals surface area contributed by atoms with Crippen LogP contribution in [-0.2, 0) is 4.79 Å².